The zero-order chi connectivity index (χ0) is 25.8. The summed E-state index contributed by atoms with van der Waals surface area (Å²) in [6.07, 6.45) is 0.955. The summed E-state index contributed by atoms with van der Waals surface area (Å²) in [6, 6.07) is 7.53. The standard InChI is InChI=1S/C20H36N2O9S3/c1-4-10-21(12-15-33(26,27)30-2)17-19-8-5-6-9-20(19)18-22(11-7-14-32(23,24)25)13-16-34(28,29)31-3/h5-6,8-9H,4,7,10-18H2,1-3H3,(H,23,24,25). The second-order valence-electron chi connectivity index (χ2n) is 7.82. The van der Waals surface area contributed by atoms with Crippen molar-refractivity contribution in [3.05, 3.63) is 35.4 Å². The van der Waals surface area contributed by atoms with Crippen LogP contribution in [0.5, 0.6) is 0 Å². The molecule has 0 spiro atoms. The SMILES string of the molecule is CCCN(CCS(=O)(=O)OC)Cc1ccccc1CN(CCCS(=O)(=O)O)CCS(=O)(=O)OC. The van der Waals surface area contributed by atoms with Gasteiger partial charge in [0.05, 0.1) is 31.5 Å². The Morgan fingerprint density at radius 1 is 0.735 bits per heavy atom. The number of nitrogens with zero attached hydrogens (tertiary/aromatic N) is 2. The van der Waals surface area contributed by atoms with E-state index in [1.165, 1.54) is 0 Å². The fraction of sp³-hybridized carbons (Fsp3) is 0.700. The van der Waals surface area contributed by atoms with Gasteiger partial charge in [-0.25, -0.2) is 0 Å². The van der Waals surface area contributed by atoms with E-state index in [1.54, 1.807) is 4.90 Å². The zero-order valence-corrected chi connectivity index (χ0v) is 22.4. The number of hydrogen-bond acceptors (Lipinski definition) is 10. The summed E-state index contributed by atoms with van der Waals surface area (Å²) >= 11 is 0. The van der Waals surface area contributed by atoms with Crippen molar-refractivity contribution in [3.8, 4) is 0 Å². The molecule has 0 fully saturated rings. The molecule has 0 unspecified atom stereocenters. The van der Waals surface area contributed by atoms with Crippen LogP contribution < -0.4 is 0 Å². The van der Waals surface area contributed by atoms with Gasteiger partial charge in [-0.05, 0) is 37.1 Å². The molecule has 0 bridgehead atoms. The maximum atomic E-state index is 11.8. The molecule has 1 aromatic carbocycles. The van der Waals surface area contributed by atoms with E-state index in [4.69, 9.17) is 4.55 Å². The predicted octanol–water partition coefficient (Wildman–Crippen LogP) is 0.931. The lowest BCUT2D eigenvalue weighted by molar-refractivity contribution is 0.263. The largest absolute Gasteiger partial charge is 0.298 e. The maximum Gasteiger partial charge on any atom is 0.268 e. The van der Waals surface area contributed by atoms with Crippen molar-refractivity contribution in [2.45, 2.75) is 32.9 Å². The Morgan fingerprint density at radius 3 is 1.56 bits per heavy atom. The lowest BCUT2D eigenvalue weighted by Crippen LogP contribution is -2.33. The van der Waals surface area contributed by atoms with Gasteiger partial charge in [-0.2, -0.15) is 25.3 Å². The third kappa shape index (κ3) is 13.1. The monoisotopic (exact) mass is 544 g/mol. The lowest BCUT2D eigenvalue weighted by atomic mass is 10.1. The summed E-state index contributed by atoms with van der Waals surface area (Å²) in [5, 5.41) is 0. The van der Waals surface area contributed by atoms with Crippen molar-refractivity contribution >= 4 is 30.4 Å². The molecule has 0 radical (unpaired) electrons. The normalized spacial score (nSPS) is 13.1. The van der Waals surface area contributed by atoms with Crippen LogP contribution in [-0.2, 0) is 51.8 Å². The average molecular weight is 545 g/mol. The van der Waals surface area contributed by atoms with Crippen LogP contribution >= 0.6 is 0 Å². The van der Waals surface area contributed by atoms with E-state index in [0.717, 1.165) is 31.8 Å². The summed E-state index contributed by atoms with van der Waals surface area (Å²) in [6.45, 7) is 4.16. The first-order valence-corrected chi connectivity index (χ1v) is 15.6. The molecule has 1 N–H and O–H groups in total. The Hall–Kier alpha value is -1.13. The van der Waals surface area contributed by atoms with E-state index < -0.39 is 36.1 Å². The third-order valence-corrected chi connectivity index (χ3v) is 8.33. The summed E-state index contributed by atoms with van der Waals surface area (Å²) in [4.78, 5) is 3.80. The van der Waals surface area contributed by atoms with E-state index >= 15 is 0 Å². The molecule has 0 aromatic heterocycles. The summed E-state index contributed by atoms with van der Waals surface area (Å²) in [5.74, 6) is -0.836. The second kappa shape index (κ2) is 14.4. The maximum absolute atomic E-state index is 11.8. The Bertz CT molecular complexity index is 1060. The Labute approximate surface area is 204 Å². The van der Waals surface area contributed by atoms with Gasteiger partial charge >= 0.3 is 0 Å². The molecule has 11 nitrogen and oxygen atoms in total. The average Bonchev–Trinajstić information content (AvgIpc) is 2.76. The van der Waals surface area contributed by atoms with Gasteiger partial charge in [0.2, 0.25) is 0 Å². The molecule has 0 heterocycles. The first-order chi connectivity index (χ1) is 15.8. The van der Waals surface area contributed by atoms with Crippen molar-refractivity contribution in [3.63, 3.8) is 0 Å². The van der Waals surface area contributed by atoms with Crippen molar-refractivity contribution in [2.24, 2.45) is 0 Å². The molecule has 0 aliphatic carbocycles. The molecule has 14 heteroatoms. The van der Waals surface area contributed by atoms with Gasteiger partial charge in [0.15, 0.2) is 0 Å². The molecule has 34 heavy (non-hydrogen) atoms. The minimum absolute atomic E-state index is 0.112. The molecule has 198 valence electrons. The van der Waals surface area contributed by atoms with Crippen LogP contribution in [0.25, 0.3) is 0 Å². The zero-order valence-electron chi connectivity index (χ0n) is 19.9. The van der Waals surface area contributed by atoms with Gasteiger partial charge in [-0.15, -0.1) is 0 Å². The van der Waals surface area contributed by atoms with Crippen LogP contribution in [0.1, 0.15) is 30.9 Å². The van der Waals surface area contributed by atoms with Gasteiger partial charge < -0.3 is 0 Å². The summed E-state index contributed by atoms with van der Waals surface area (Å²) < 4.78 is 87.3. The van der Waals surface area contributed by atoms with E-state index in [9.17, 15) is 25.3 Å². The molecule has 0 aliphatic heterocycles. The van der Waals surface area contributed by atoms with Crippen molar-refractivity contribution in [1.82, 2.24) is 9.80 Å². The van der Waals surface area contributed by atoms with Crippen molar-refractivity contribution < 1.29 is 38.2 Å². The van der Waals surface area contributed by atoms with Crippen LogP contribution in [0.2, 0.25) is 0 Å². The van der Waals surface area contributed by atoms with Gasteiger partial charge in [0, 0.05) is 26.2 Å². The highest BCUT2D eigenvalue weighted by Crippen LogP contribution is 2.16. The predicted molar refractivity (Wildman–Crippen MR) is 130 cm³/mol. The molecule has 0 saturated carbocycles. The molecule has 0 saturated heterocycles. The highest BCUT2D eigenvalue weighted by atomic mass is 32.2. The molecule has 0 aliphatic rings. The van der Waals surface area contributed by atoms with E-state index in [0.29, 0.717) is 26.2 Å². The van der Waals surface area contributed by atoms with Gasteiger partial charge in [0.25, 0.3) is 30.4 Å². The second-order valence-corrected chi connectivity index (χ2v) is 13.1. The van der Waals surface area contributed by atoms with Crippen LogP contribution in [0.4, 0.5) is 0 Å². The summed E-state index contributed by atoms with van der Waals surface area (Å²) in [7, 11) is -9.21. The van der Waals surface area contributed by atoms with Crippen LogP contribution in [0.3, 0.4) is 0 Å². The molecular weight excluding hydrogens is 508 g/mol. The summed E-state index contributed by atoms with van der Waals surface area (Å²) in [5.41, 5.74) is 1.85. The van der Waals surface area contributed by atoms with Crippen molar-refractivity contribution in [2.75, 3.05) is 57.7 Å². The highest BCUT2D eigenvalue weighted by molar-refractivity contribution is 7.87. The fourth-order valence-corrected chi connectivity index (χ4v) is 5.11. The molecular formula is C20H36N2O9S3. The Balaban J connectivity index is 3.01. The quantitative estimate of drug-likeness (QED) is 0.208. The highest BCUT2D eigenvalue weighted by Gasteiger charge is 2.18. The van der Waals surface area contributed by atoms with Gasteiger partial charge in [-0.1, -0.05) is 31.2 Å². The Kier molecular flexibility index (Phi) is 13.1. The first kappa shape index (κ1) is 30.9. The fourth-order valence-electron chi connectivity index (χ4n) is 3.32. The topological polar surface area (TPSA) is 148 Å². The number of benzene rings is 1. The number of hydrogen-bond donors (Lipinski definition) is 1. The van der Waals surface area contributed by atoms with Gasteiger partial charge in [-0.3, -0.25) is 22.7 Å². The smallest absolute Gasteiger partial charge is 0.268 e. The number of rotatable bonds is 18. The third-order valence-electron chi connectivity index (χ3n) is 5.15. The molecule has 0 atom stereocenters. The minimum Gasteiger partial charge on any atom is -0.298 e. The molecule has 1 aromatic rings. The van der Waals surface area contributed by atoms with Crippen molar-refractivity contribution in [1.29, 1.82) is 0 Å². The molecule has 0 amide bonds. The van der Waals surface area contributed by atoms with E-state index in [2.05, 4.69) is 8.37 Å². The van der Waals surface area contributed by atoms with E-state index in [1.807, 2.05) is 36.1 Å². The van der Waals surface area contributed by atoms with E-state index in [-0.39, 0.29) is 31.0 Å². The van der Waals surface area contributed by atoms with Gasteiger partial charge in [0.1, 0.15) is 0 Å². The Morgan fingerprint density at radius 2 is 1.18 bits per heavy atom. The molecule has 1 rings (SSSR count). The van der Waals surface area contributed by atoms with Crippen LogP contribution in [0.15, 0.2) is 24.3 Å². The van der Waals surface area contributed by atoms with Crippen LogP contribution in [0, 0.1) is 0 Å². The minimum atomic E-state index is -4.13. The lowest BCUT2D eigenvalue weighted by Gasteiger charge is -2.26. The first-order valence-electron chi connectivity index (χ1n) is 10.8. The van der Waals surface area contributed by atoms with Crippen LogP contribution in [-0.4, -0.2) is 97.3 Å².